The van der Waals surface area contributed by atoms with Gasteiger partial charge in [0.1, 0.15) is 12.6 Å². The van der Waals surface area contributed by atoms with Crippen LogP contribution in [0.15, 0.2) is 0 Å². The molecule has 1 fully saturated rings. The zero-order valence-corrected chi connectivity index (χ0v) is 22.3. The molecule has 1 rings (SSSR count). The molecule has 0 aromatic rings. The van der Waals surface area contributed by atoms with E-state index >= 15 is 0 Å². The number of ether oxygens (including phenoxy) is 6. The highest BCUT2D eigenvalue weighted by atomic mass is 32.2. The molecule has 1 saturated heterocycles. The number of methoxy groups -OCH3 is 1. The van der Waals surface area contributed by atoms with Gasteiger partial charge in [0.15, 0.2) is 24.4 Å². The molecular weight excluding hydrogens is 502 g/mol. The second-order valence-corrected chi connectivity index (χ2v) is 10.2. The fourth-order valence-corrected chi connectivity index (χ4v) is 5.09. The highest BCUT2D eigenvalue weighted by Gasteiger charge is 2.54. The number of rotatable bonds is 11. The maximum absolute atomic E-state index is 12.4. The van der Waals surface area contributed by atoms with Crippen molar-refractivity contribution in [2.75, 3.05) is 13.7 Å². The summed E-state index contributed by atoms with van der Waals surface area (Å²) in [5, 5.41) is 2.14. The molecule has 0 aromatic carbocycles. The minimum atomic E-state index is -1.57. The van der Waals surface area contributed by atoms with E-state index in [1.807, 2.05) is 0 Å². The summed E-state index contributed by atoms with van der Waals surface area (Å²) in [7, 11) is 1.22. The highest BCUT2D eigenvalue weighted by Crippen LogP contribution is 2.41. The number of carbonyl (C=O) groups is 6. The van der Waals surface area contributed by atoms with Gasteiger partial charge in [-0.3, -0.25) is 34.1 Å². The van der Waals surface area contributed by atoms with E-state index in [4.69, 9.17) is 28.4 Å². The normalized spacial score (nSPS) is 21.7. The third-order valence-electron chi connectivity index (χ3n) is 4.88. The summed E-state index contributed by atoms with van der Waals surface area (Å²) in [6, 6.07) is -0.842. The fraction of sp³-hybridized carbons (Fsp3) is 0.727. The Labute approximate surface area is 213 Å². The van der Waals surface area contributed by atoms with E-state index in [1.165, 1.54) is 18.9 Å². The Morgan fingerprint density at radius 1 is 0.778 bits per heavy atom. The van der Waals surface area contributed by atoms with E-state index in [2.05, 4.69) is 5.32 Å². The van der Waals surface area contributed by atoms with Crippen molar-refractivity contribution < 1.29 is 57.2 Å². The molecule has 6 atom stereocenters. The molecule has 1 N–H and O–H groups in total. The minimum absolute atomic E-state index is 0.557. The SMILES string of the molecule is COC(=O)C1NC(C(OC(C)=O)C(OC(C)=O)C(OC(C)=O)C(COC(C)=O)OC(C)=O)SC1(C)C. The van der Waals surface area contributed by atoms with Gasteiger partial charge in [-0.15, -0.1) is 11.8 Å². The molecule has 0 amide bonds. The summed E-state index contributed by atoms with van der Waals surface area (Å²) >= 11 is 1.19. The first-order chi connectivity index (χ1) is 16.6. The van der Waals surface area contributed by atoms with Crippen molar-refractivity contribution in [1.82, 2.24) is 5.32 Å². The minimum Gasteiger partial charge on any atom is -0.468 e. The van der Waals surface area contributed by atoms with E-state index in [9.17, 15) is 28.8 Å². The van der Waals surface area contributed by atoms with Crippen LogP contribution in [0.1, 0.15) is 48.5 Å². The van der Waals surface area contributed by atoms with Gasteiger partial charge in [-0.05, 0) is 13.8 Å². The molecule has 0 bridgehead atoms. The first-order valence-corrected chi connectivity index (χ1v) is 11.8. The molecule has 0 spiro atoms. The van der Waals surface area contributed by atoms with Crippen LogP contribution in [0.4, 0.5) is 0 Å². The molecule has 6 unspecified atom stereocenters. The molecule has 1 heterocycles. The van der Waals surface area contributed by atoms with E-state index < -0.39 is 83.0 Å². The lowest BCUT2D eigenvalue weighted by Gasteiger charge is -2.37. The van der Waals surface area contributed by atoms with Crippen LogP contribution in [0, 0.1) is 0 Å². The van der Waals surface area contributed by atoms with Gasteiger partial charge in [0.2, 0.25) is 0 Å². The number of esters is 6. The first kappa shape index (κ1) is 31.2. The van der Waals surface area contributed by atoms with E-state index in [0.29, 0.717) is 0 Å². The Kier molecular flexibility index (Phi) is 11.6. The molecular formula is C22H33NO12S. The van der Waals surface area contributed by atoms with Crippen LogP contribution in [0.5, 0.6) is 0 Å². The predicted molar refractivity (Wildman–Crippen MR) is 123 cm³/mol. The van der Waals surface area contributed by atoms with Gasteiger partial charge in [-0.1, -0.05) is 0 Å². The van der Waals surface area contributed by atoms with Gasteiger partial charge in [0, 0.05) is 39.4 Å². The molecule has 14 heteroatoms. The summed E-state index contributed by atoms with van der Waals surface area (Å²) in [5.41, 5.74) is 0. The lowest BCUT2D eigenvalue weighted by molar-refractivity contribution is -0.203. The molecule has 1 aliphatic heterocycles. The van der Waals surface area contributed by atoms with Gasteiger partial charge in [0.25, 0.3) is 0 Å². The lowest BCUT2D eigenvalue weighted by atomic mass is 10.00. The Balaban J connectivity index is 3.60. The molecule has 0 aliphatic carbocycles. The summed E-state index contributed by atoms with van der Waals surface area (Å²) in [6.07, 6.45) is -5.91. The van der Waals surface area contributed by atoms with Crippen LogP contribution in [0.25, 0.3) is 0 Å². The number of carbonyl (C=O) groups excluding carboxylic acids is 6. The number of nitrogens with one attached hydrogen (secondary N) is 1. The van der Waals surface area contributed by atoms with Crippen molar-refractivity contribution >= 4 is 47.6 Å². The number of hydrogen-bond acceptors (Lipinski definition) is 14. The monoisotopic (exact) mass is 535 g/mol. The number of thioether (sulfide) groups is 1. The van der Waals surface area contributed by atoms with Gasteiger partial charge in [-0.25, -0.2) is 0 Å². The predicted octanol–water partition coefficient (Wildman–Crippen LogP) is 0.259. The van der Waals surface area contributed by atoms with Crippen molar-refractivity contribution in [1.29, 1.82) is 0 Å². The topological polar surface area (TPSA) is 170 Å². The highest BCUT2D eigenvalue weighted by molar-refractivity contribution is 8.01. The fourth-order valence-electron chi connectivity index (χ4n) is 3.59. The summed E-state index contributed by atoms with van der Waals surface area (Å²) in [5.74, 6) is -4.57. The van der Waals surface area contributed by atoms with Crippen LogP contribution in [-0.4, -0.2) is 90.1 Å². The molecule has 0 saturated carbocycles. The van der Waals surface area contributed by atoms with E-state index in [-0.39, 0.29) is 0 Å². The van der Waals surface area contributed by atoms with Crippen LogP contribution in [0.3, 0.4) is 0 Å². The number of hydrogen-bond donors (Lipinski definition) is 1. The van der Waals surface area contributed by atoms with E-state index in [1.54, 1.807) is 13.8 Å². The molecule has 204 valence electrons. The third kappa shape index (κ3) is 9.30. The molecule has 0 aromatic heterocycles. The standard InChI is InChI=1S/C22H33NO12S/c1-10(24)31-9-15(32-11(2)25)16(33-12(3)26)17(34-13(4)27)18(35-14(5)28)20-23-19(21(29)30-8)22(6,7)36-20/h15-20,23H,9H2,1-8H3. The Morgan fingerprint density at radius 3 is 1.72 bits per heavy atom. The van der Waals surface area contributed by atoms with Crippen LogP contribution >= 0.6 is 11.8 Å². The Bertz CT molecular complexity index is 860. The van der Waals surface area contributed by atoms with Gasteiger partial charge in [0.05, 0.1) is 12.5 Å². The molecule has 36 heavy (non-hydrogen) atoms. The van der Waals surface area contributed by atoms with Crippen molar-refractivity contribution in [3.05, 3.63) is 0 Å². The van der Waals surface area contributed by atoms with Gasteiger partial charge < -0.3 is 28.4 Å². The second-order valence-electron chi connectivity index (χ2n) is 8.44. The van der Waals surface area contributed by atoms with Gasteiger partial charge in [-0.2, -0.15) is 0 Å². The maximum Gasteiger partial charge on any atom is 0.324 e. The van der Waals surface area contributed by atoms with Crippen molar-refractivity contribution in [2.24, 2.45) is 0 Å². The zero-order valence-electron chi connectivity index (χ0n) is 21.5. The van der Waals surface area contributed by atoms with Crippen LogP contribution in [-0.2, 0) is 57.2 Å². The zero-order chi connectivity index (χ0) is 27.8. The summed E-state index contributed by atoms with van der Waals surface area (Å²) < 4.78 is 30.6. The van der Waals surface area contributed by atoms with Crippen molar-refractivity contribution in [3.8, 4) is 0 Å². The Hall–Kier alpha value is -2.87. The summed E-state index contributed by atoms with van der Waals surface area (Å²) in [6.45, 7) is 8.40. The van der Waals surface area contributed by atoms with Crippen LogP contribution in [0.2, 0.25) is 0 Å². The summed E-state index contributed by atoms with van der Waals surface area (Å²) in [4.78, 5) is 71.8. The van der Waals surface area contributed by atoms with Crippen molar-refractivity contribution in [2.45, 2.75) is 89.0 Å². The largest absolute Gasteiger partial charge is 0.468 e. The average Bonchev–Trinajstić information content (AvgIpc) is 3.05. The molecule has 0 radical (unpaired) electrons. The third-order valence-corrected chi connectivity index (χ3v) is 6.38. The quantitative estimate of drug-likeness (QED) is 0.282. The van der Waals surface area contributed by atoms with Crippen molar-refractivity contribution in [3.63, 3.8) is 0 Å². The average molecular weight is 536 g/mol. The van der Waals surface area contributed by atoms with Crippen LogP contribution < -0.4 is 5.32 Å². The van der Waals surface area contributed by atoms with Gasteiger partial charge >= 0.3 is 35.8 Å². The smallest absolute Gasteiger partial charge is 0.324 e. The maximum atomic E-state index is 12.4. The lowest BCUT2D eigenvalue weighted by Crippen LogP contribution is -2.58. The van der Waals surface area contributed by atoms with E-state index in [0.717, 1.165) is 34.6 Å². The molecule has 1 aliphatic rings. The molecule has 13 nitrogen and oxygen atoms in total. The first-order valence-electron chi connectivity index (χ1n) is 10.9. The Morgan fingerprint density at radius 2 is 1.28 bits per heavy atom. The second kappa shape index (κ2) is 13.4.